The number of rotatable bonds is 3. The predicted molar refractivity (Wildman–Crippen MR) is 104 cm³/mol. The summed E-state index contributed by atoms with van der Waals surface area (Å²) in [6.45, 7) is 8.00. The number of likely N-dealkylation sites (tertiary alicyclic amines) is 2. The fourth-order valence-electron chi connectivity index (χ4n) is 3.89. The van der Waals surface area contributed by atoms with Crippen molar-refractivity contribution in [1.29, 1.82) is 0 Å². The zero-order valence-electron chi connectivity index (χ0n) is 16.8. The molecule has 168 valence electrons. The lowest BCUT2D eigenvalue weighted by Crippen LogP contribution is -2.68. The van der Waals surface area contributed by atoms with Crippen LogP contribution < -0.4 is 0 Å². The number of amides is 1. The Balaban J connectivity index is 0.000000396. The van der Waals surface area contributed by atoms with Gasteiger partial charge >= 0.3 is 12.1 Å². The molecule has 3 rings (SSSR count). The van der Waals surface area contributed by atoms with Gasteiger partial charge in [0.15, 0.2) is 0 Å². The van der Waals surface area contributed by atoms with Gasteiger partial charge in [0, 0.05) is 36.7 Å². The normalized spacial score (nSPS) is 21.8. The highest BCUT2D eigenvalue weighted by molar-refractivity contribution is 6.31. The summed E-state index contributed by atoms with van der Waals surface area (Å²) in [4.78, 5) is 25.9. The van der Waals surface area contributed by atoms with Gasteiger partial charge in [-0.15, -0.1) is 0 Å². The van der Waals surface area contributed by atoms with Crippen LogP contribution >= 0.6 is 11.6 Å². The maximum Gasteiger partial charge on any atom is 0.490 e. The third-order valence-corrected chi connectivity index (χ3v) is 5.58. The van der Waals surface area contributed by atoms with Crippen molar-refractivity contribution < 1.29 is 32.3 Å². The molecule has 1 spiro atoms. The Morgan fingerprint density at radius 3 is 2.37 bits per heavy atom. The number of aliphatic carboxylic acids is 1. The Bertz CT molecular complexity index is 788. The van der Waals surface area contributed by atoms with Gasteiger partial charge in [-0.25, -0.2) is 9.18 Å². The van der Waals surface area contributed by atoms with Gasteiger partial charge in [0.25, 0.3) is 5.91 Å². The highest BCUT2D eigenvalue weighted by atomic mass is 35.5. The number of carboxylic acid groups (broad SMARTS) is 1. The van der Waals surface area contributed by atoms with E-state index < -0.39 is 18.0 Å². The first-order valence-electron chi connectivity index (χ1n) is 9.65. The molecule has 0 saturated carbocycles. The smallest absolute Gasteiger partial charge is 0.475 e. The lowest BCUT2D eigenvalue weighted by atomic mass is 9.77. The molecular weight excluding hydrogens is 428 g/mol. The van der Waals surface area contributed by atoms with E-state index in [4.69, 9.17) is 21.5 Å². The minimum absolute atomic E-state index is 0.0873. The number of halogens is 5. The molecular formula is C20H25ClF4N2O3. The van der Waals surface area contributed by atoms with Crippen LogP contribution in [0, 0.1) is 11.7 Å². The maximum atomic E-state index is 14.0. The zero-order valence-corrected chi connectivity index (χ0v) is 17.6. The fraction of sp³-hybridized carbons (Fsp3) is 0.600. The van der Waals surface area contributed by atoms with E-state index in [1.165, 1.54) is 18.2 Å². The molecule has 5 nitrogen and oxygen atoms in total. The van der Waals surface area contributed by atoms with Crippen molar-refractivity contribution in [1.82, 2.24) is 9.80 Å². The average molecular weight is 453 g/mol. The molecule has 2 saturated heterocycles. The van der Waals surface area contributed by atoms with E-state index in [9.17, 15) is 22.4 Å². The van der Waals surface area contributed by atoms with Crippen molar-refractivity contribution in [3.63, 3.8) is 0 Å². The first kappa shape index (κ1) is 24.4. The Morgan fingerprint density at radius 1 is 1.23 bits per heavy atom. The molecule has 1 aromatic carbocycles. The van der Waals surface area contributed by atoms with E-state index in [0.29, 0.717) is 24.0 Å². The van der Waals surface area contributed by atoms with Crippen molar-refractivity contribution in [2.24, 2.45) is 5.92 Å². The quantitative estimate of drug-likeness (QED) is 0.688. The van der Waals surface area contributed by atoms with Crippen molar-refractivity contribution in [3.05, 3.63) is 34.6 Å². The van der Waals surface area contributed by atoms with Crippen molar-refractivity contribution in [2.75, 3.05) is 26.2 Å². The average Bonchev–Trinajstić information content (AvgIpc) is 2.66. The molecule has 30 heavy (non-hydrogen) atoms. The number of piperidine rings is 1. The molecule has 2 aliphatic heterocycles. The summed E-state index contributed by atoms with van der Waals surface area (Å²) < 4.78 is 45.7. The Hall–Kier alpha value is -1.87. The van der Waals surface area contributed by atoms with Crippen LogP contribution in [0.25, 0.3) is 0 Å². The lowest BCUT2D eigenvalue weighted by molar-refractivity contribution is -0.192. The number of hydrogen-bond acceptors (Lipinski definition) is 3. The Labute approximate surface area is 177 Å². The molecule has 0 aliphatic carbocycles. The molecule has 1 aromatic rings. The van der Waals surface area contributed by atoms with Crippen molar-refractivity contribution >= 4 is 23.5 Å². The van der Waals surface area contributed by atoms with Crippen LogP contribution in [0.5, 0.6) is 0 Å². The largest absolute Gasteiger partial charge is 0.490 e. The second-order valence-corrected chi connectivity index (χ2v) is 8.51. The van der Waals surface area contributed by atoms with Gasteiger partial charge in [-0.2, -0.15) is 13.2 Å². The van der Waals surface area contributed by atoms with Crippen molar-refractivity contribution in [3.8, 4) is 0 Å². The molecule has 10 heteroatoms. The molecule has 2 aliphatic rings. The van der Waals surface area contributed by atoms with E-state index >= 15 is 0 Å². The molecule has 0 bridgehead atoms. The van der Waals surface area contributed by atoms with Gasteiger partial charge < -0.3 is 10.0 Å². The number of nitrogens with zero attached hydrogens (tertiary/aromatic N) is 2. The summed E-state index contributed by atoms with van der Waals surface area (Å²) in [5, 5.41) is 7.52. The number of carboxylic acids is 1. The van der Waals surface area contributed by atoms with E-state index in [2.05, 4.69) is 18.7 Å². The van der Waals surface area contributed by atoms with Crippen LogP contribution in [0.2, 0.25) is 5.02 Å². The van der Waals surface area contributed by atoms with E-state index in [1.807, 2.05) is 4.90 Å². The third-order valence-electron chi connectivity index (χ3n) is 5.35. The lowest BCUT2D eigenvalue weighted by Gasteiger charge is -2.57. The maximum absolute atomic E-state index is 14.0. The van der Waals surface area contributed by atoms with Crippen LogP contribution in [0.15, 0.2) is 18.2 Å². The second kappa shape index (κ2) is 9.51. The summed E-state index contributed by atoms with van der Waals surface area (Å²) in [5.41, 5.74) is 0.192. The van der Waals surface area contributed by atoms with Crippen molar-refractivity contribution in [2.45, 2.75) is 44.8 Å². The molecule has 2 fully saturated rings. The van der Waals surface area contributed by atoms with Crippen LogP contribution in [-0.4, -0.2) is 64.7 Å². The number of carbonyl (C=O) groups is 2. The zero-order chi connectivity index (χ0) is 22.7. The van der Waals surface area contributed by atoms with Crippen LogP contribution in [0.4, 0.5) is 17.6 Å². The number of alkyl halides is 3. The van der Waals surface area contributed by atoms with Gasteiger partial charge in [-0.1, -0.05) is 25.4 Å². The Kier molecular flexibility index (Phi) is 7.74. The highest BCUT2D eigenvalue weighted by Crippen LogP contribution is 2.39. The van der Waals surface area contributed by atoms with Crippen LogP contribution in [0.1, 0.15) is 43.5 Å². The number of carbonyl (C=O) groups excluding carboxylic acids is 1. The molecule has 1 atom stereocenters. The molecule has 2 heterocycles. The molecule has 0 aromatic heterocycles. The van der Waals surface area contributed by atoms with Gasteiger partial charge in [-0.05, 0) is 43.4 Å². The van der Waals surface area contributed by atoms with E-state index in [0.717, 1.165) is 32.4 Å². The van der Waals surface area contributed by atoms with E-state index in [1.54, 1.807) is 0 Å². The Morgan fingerprint density at radius 2 is 1.87 bits per heavy atom. The van der Waals surface area contributed by atoms with Crippen LogP contribution in [-0.2, 0) is 4.79 Å². The predicted octanol–water partition coefficient (Wildman–Crippen LogP) is 4.45. The summed E-state index contributed by atoms with van der Waals surface area (Å²) >= 11 is 5.93. The molecule has 0 radical (unpaired) electrons. The fourth-order valence-corrected chi connectivity index (χ4v) is 4.06. The highest BCUT2D eigenvalue weighted by Gasteiger charge is 2.48. The summed E-state index contributed by atoms with van der Waals surface area (Å²) in [7, 11) is 0. The number of benzene rings is 1. The van der Waals surface area contributed by atoms with Gasteiger partial charge in [0.1, 0.15) is 5.82 Å². The molecule has 1 unspecified atom stereocenters. The SMILES string of the molecule is CC(C)CN1CCC12CCCN(C(=O)c1cc(Cl)ccc1F)C2.O=C(O)C(F)(F)F. The molecule has 1 N–H and O–H groups in total. The summed E-state index contributed by atoms with van der Waals surface area (Å²) in [6, 6.07) is 4.18. The minimum Gasteiger partial charge on any atom is -0.475 e. The van der Waals surface area contributed by atoms with E-state index in [-0.39, 0.29) is 17.0 Å². The summed E-state index contributed by atoms with van der Waals surface area (Å²) in [6.07, 6.45) is -1.86. The first-order chi connectivity index (χ1) is 13.9. The minimum atomic E-state index is -5.08. The van der Waals surface area contributed by atoms with Gasteiger partial charge in [-0.3, -0.25) is 9.69 Å². The topological polar surface area (TPSA) is 60.9 Å². The monoisotopic (exact) mass is 452 g/mol. The van der Waals surface area contributed by atoms with Gasteiger partial charge in [0.05, 0.1) is 5.56 Å². The number of hydrogen-bond donors (Lipinski definition) is 1. The van der Waals surface area contributed by atoms with Gasteiger partial charge in [0.2, 0.25) is 0 Å². The summed E-state index contributed by atoms with van der Waals surface area (Å²) in [5.74, 6) is -2.87. The third kappa shape index (κ3) is 5.85. The first-order valence-corrected chi connectivity index (χ1v) is 10.0. The second-order valence-electron chi connectivity index (χ2n) is 8.07. The molecule has 1 amide bonds. The standard InChI is InChI=1S/C18H24ClFN2O.C2HF3O2/c1-13(2)11-22-9-7-18(22)6-3-8-21(12-18)17(23)15-10-14(19)4-5-16(15)20;3-2(4,5)1(6)7/h4-5,10,13H,3,6-9,11-12H2,1-2H3;(H,6,7). The van der Waals surface area contributed by atoms with Crippen LogP contribution in [0.3, 0.4) is 0 Å².